The lowest BCUT2D eigenvalue weighted by atomic mass is 10.2. The molecule has 96 valence electrons. The highest BCUT2D eigenvalue weighted by Crippen LogP contribution is 2.21. The zero-order valence-electron chi connectivity index (χ0n) is 10.6. The monoisotopic (exact) mass is 259 g/mol. The first kappa shape index (κ1) is 14.0. The van der Waals surface area contributed by atoms with Gasteiger partial charge in [-0.1, -0.05) is 11.6 Å². The van der Waals surface area contributed by atoms with Crippen LogP contribution in [0.1, 0.15) is 20.8 Å². The molecule has 0 atom stereocenters. The van der Waals surface area contributed by atoms with Crippen LogP contribution in [0.4, 0.5) is 5.95 Å². The van der Waals surface area contributed by atoms with Gasteiger partial charge in [-0.05, 0) is 20.8 Å². The van der Waals surface area contributed by atoms with Gasteiger partial charge in [0.2, 0.25) is 11.8 Å². The molecule has 5 nitrogen and oxygen atoms in total. The molecular weight excluding hydrogens is 242 g/mol. The largest absolute Gasteiger partial charge is 0.474 e. The predicted molar refractivity (Wildman–Crippen MR) is 67.8 cm³/mol. The van der Waals surface area contributed by atoms with Gasteiger partial charge in [-0.2, -0.15) is 4.98 Å². The van der Waals surface area contributed by atoms with E-state index in [2.05, 4.69) is 15.3 Å². The minimum absolute atomic E-state index is 0.172. The van der Waals surface area contributed by atoms with E-state index in [1.54, 1.807) is 7.05 Å². The van der Waals surface area contributed by atoms with E-state index in [9.17, 15) is 0 Å². The molecule has 17 heavy (non-hydrogen) atoms. The lowest BCUT2D eigenvalue weighted by molar-refractivity contribution is -0.0167. The maximum absolute atomic E-state index is 5.90. The summed E-state index contributed by atoms with van der Waals surface area (Å²) in [5.74, 6) is 0.838. The van der Waals surface area contributed by atoms with Crippen LogP contribution in [0.25, 0.3) is 0 Å². The van der Waals surface area contributed by atoms with Gasteiger partial charge in [0, 0.05) is 7.05 Å². The van der Waals surface area contributed by atoms with Gasteiger partial charge in [0.15, 0.2) is 0 Å². The standard InChI is InChI=1S/C11H18ClN3O2/c1-11(2,3)17-6-5-16-9-8(12)7-14-10(13-4)15-9/h7H,5-6H2,1-4H3,(H,13,14,15). The third kappa shape index (κ3) is 5.19. The van der Waals surface area contributed by atoms with Crippen molar-refractivity contribution in [2.24, 2.45) is 0 Å². The van der Waals surface area contributed by atoms with E-state index >= 15 is 0 Å². The molecule has 0 fully saturated rings. The number of halogens is 1. The second kappa shape index (κ2) is 6.02. The number of anilines is 1. The number of ether oxygens (including phenoxy) is 2. The number of rotatable bonds is 5. The van der Waals surface area contributed by atoms with Crippen molar-refractivity contribution < 1.29 is 9.47 Å². The van der Waals surface area contributed by atoms with E-state index in [0.29, 0.717) is 30.1 Å². The normalized spacial score (nSPS) is 11.4. The van der Waals surface area contributed by atoms with Crippen molar-refractivity contribution in [2.75, 3.05) is 25.6 Å². The van der Waals surface area contributed by atoms with Crippen molar-refractivity contribution >= 4 is 17.5 Å². The molecule has 6 heteroatoms. The fraction of sp³-hybridized carbons (Fsp3) is 0.636. The van der Waals surface area contributed by atoms with Gasteiger partial charge < -0.3 is 14.8 Å². The molecule has 0 saturated carbocycles. The van der Waals surface area contributed by atoms with Crippen LogP contribution in [-0.2, 0) is 4.74 Å². The van der Waals surface area contributed by atoms with Gasteiger partial charge in [-0.15, -0.1) is 0 Å². The third-order valence-electron chi connectivity index (χ3n) is 1.79. The minimum Gasteiger partial charge on any atom is -0.474 e. The molecule has 0 unspecified atom stereocenters. The number of nitrogens with zero attached hydrogens (tertiary/aromatic N) is 2. The maximum atomic E-state index is 5.90. The Labute approximate surface area is 107 Å². The molecular formula is C11H18ClN3O2. The molecule has 1 aromatic heterocycles. The molecule has 0 aliphatic heterocycles. The third-order valence-corrected chi connectivity index (χ3v) is 2.05. The highest BCUT2D eigenvalue weighted by molar-refractivity contribution is 6.31. The molecule has 0 aliphatic rings. The van der Waals surface area contributed by atoms with Crippen molar-refractivity contribution in [3.05, 3.63) is 11.2 Å². The molecule has 1 N–H and O–H groups in total. The predicted octanol–water partition coefficient (Wildman–Crippen LogP) is 2.37. The van der Waals surface area contributed by atoms with Crippen LogP contribution in [0.5, 0.6) is 5.88 Å². The van der Waals surface area contributed by atoms with Crippen LogP contribution in [0.15, 0.2) is 6.20 Å². The Morgan fingerprint density at radius 3 is 2.65 bits per heavy atom. The van der Waals surface area contributed by atoms with Crippen LogP contribution in [0, 0.1) is 0 Å². The SMILES string of the molecule is CNc1ncc(Cl)c(OCCOC(C)(C)C)n1. The number of nitrogens with one attached hydrogen (secondary N) is 1. The average Bonchev–Trinajstić information content (AvgIpc) is 2.25. The zero-order chi connectivity index (χ0) is 12.9. The van der Waals surface area contributed by atoms with Crippen molar-refractivity contribution in [3.63, 3.8) is 0 Å². The Bertz CT molecular complexity index is 366. The second-order valence-electron chi connectivity index (χ2n) is 4.41. The molecule has 0 aromatic carbocycles. The van der Waals surface area contributed by atoms with E-state index in [1.165, 1.54) is 6.20 Å². The van der Waals surface area contributed by atoms with Gasteiger partial charge in [0.25, 0.3) is 0 Å². The molecule has 0 spiro atoms. The lowest BCUT2D eigenvalue weighted by Gasteiger charge is -2.19. The summed E-state index contributed by atoms with van der Waals surface area (Å²) in [5.41, 5.74) is -0.172. The van der Waals surface area contributed by atoms with Crippen LogP contribution < -0.4 is 10.1 Å². The van der Waals surface area contributed by atoms with Crippen LogP contribution in [0.3, 0.4) is 0 Å². The van der Waals surface area contributed by atoms with Gasteiger partial charge in [0.05, 0.1) is 18.4 Å². The summed E-state index contributed by atoms with van der Waals surface area (Å²) in [7, 11) is 1.73. The molecule has 1 heterocycles. The van der Waals surface area contributed by atoms with Crippen molar-refractivity contribution in [1.29, 1.82) is 0 Å². The zero-order valence-corrected chi connectivity index (χ0v) is 11.3. The Hall–Kier alpha value is -1.07. The van der Waals surface area contributed by atoms with E-state index in [4.69, 9.17) is 21.1 Å². The summed E-state index contributed by atoms with van der Waals surface area (Å²) in [6.45, 7) is 6.85. The molecule has 0 bridgehead atoms. The molecule has 0 radical (unpaired) electrons. The summed E-state index contributed by atoms with van der Waals surface area (Å²) in [6, 6.07) is 0. The Kier molecular flexibility index (Phi) is 4.96. The van der Waals surface area contributed by atoms with E-state index in [1.807, 2.05) is 20.8 Å². The lowest BCUT2D eigenvalue weighted by Crippen LogP contribution is -2.22. The Morgan fingerprint density at radius 2 is 2.06 bits per heavy atom. The van der Waals surface area contributed by atoms with Crippen LogP contribution in [0.2, 0.25) is 5.02 Å². The Morgan fingerprint density at radius 1 is 1.35 bits per heavy atom. The molecule has 1 rings (SSSR count). The summed E-state index contributed by atoms with van der Waals surface area (Å²) >= 11 is 5.90. The van der Waals surface area contributed by atoms with Gasteiger partial charge >= 0.3 is 0 Å². The van der Waals surface area contributed by atoms with Crippen molar-refractivity contribution in [1.82, 2.24) is 9.97 Å². The first-order chi connectivity index (χ1) is 7.92. The van der Waals surface area contributed by atoms with Crippen molar-refractivity contribution in [3.8, 4) is 5.88 Å². The summed E-state index contributed by atoms with van der Waals surface area (Å²) in [4.78, 5) is 8.05. The Balaban J connectivity index is 2.46. The first-order valence-corrected chi connectivity index (χ1v) is 5.77. The fourth-order valence-corrected chi connectivity index (χ4v) is 1.20. The van der Waals surface area contributed by atoms with Gasteiger partial charge in [-0.25, -0.2) is 4.98 Å². The van der Waals surface area contributed by atoms with Crippen LogP contribution in [-0.4, -0.2) is 35.8 Å². The maximum Gasteiger partial charge on any atom is 0.237 e. The van der Waals surface area contributed by atoms with Crippen LogP contribution >= 0.6 is 11.6 Å². The van der Waals surface area contributed by atoms with Gasteiger partial charge in [-0.3, -0.25) is 0 Å². The topological polar surface area (TPSA) is 56.3 Å². The highest BCUT2D eigenvalue weighted by Gasteiger charge is 2.10. The molecule has 0 aliphatic carbocycles. The number of aromatic nitrogens is 2. The first-order valence-electron chi connectivity index (χ1n) is 5.39. The molecule has 0 saturated heterocycles. The smallest absolute Gasteiger partial charge is 0.237 e. The van der Waals surface area contributed by atoms with E-state index < -0.39 is 0 Å². The van der Waals surface area contributed by atoms with E-state index in [-0.39, 0.29) is 5.60 Å². The molecule has 1 aromatic rings. The summed E-state index contributed by atoms with van der Waals surface area (Å²) in [6.07, 6.45) is 1.50. The quantitative estimate of drug-likeness (QED) is 0.823. The minimum atomic E-state index is -0.172. The second-order valence-corrected chi connectivity index (χ2v) is 4.81. The fourth-order valence-electron chi connectivity index (χ4n) is 1.06. The number of hydrogen-bond donors (Lipinski definition) is 1. The average molecular weight is 260 g/mol. The number of hydrogen-bond acceptors (Lipinski definition) is 5. The summed E-state index contributed by atoms with van der Waals surface area (Å²) in [5, 5.41) is 3.21. The van der Waals surface area contributed by atoms with Gasteiger partial charge in [0.1, 0.15) is 11.6 Å². The van der Waals surface area contributed by atoms with E-state index in [0.717, 1.165) is 0 Å². The molecule has 0 amide bonds. The summed E-state index contributed by atoms with van der Waals surface area (Å²) < 4.78 is 10.9. The highest BCUT2D eigenvalue weighted by atomic mass is 35.5. The van der Waals surface area contributed by atoms with Crippen molar-refractivity contribution in [2.45, 2.75) is 26.4 Å².